The molecule has 0 bridgehead atoms. The molecule has 0 aliphatic carbocycles. The lowest BCUT2D eigenvalue weighted by Crippen LogP contribution is -2.33. The first-order valence-electron chi connectivity index (χ1n) is 5.67. The van der Waals surface area contributed by atoms with E-state index in [1.165, 1.54) is 24.3 Å². The predicted molar refractivity (Wildman–Crippen MR) is 75.4 cm³/mol. The summed E-state index contributed by atoms with van der Waals surface area (Å²) in [4.78, 5) is 0.104. The molecule has 0 aliphatic rings. The lowest BCUT2D eigenvalue weighted by Gasteiger charge is -2.20. The van der Waals surface area contributed by atoms with Crippen LogP contribution in [0.1, 0.15) is 5.56 Å². The summed E-state index contributed by atoms with van der Waals surface area (Å²) < 4.78 is 25.9. The number of nitrogens with two attached hydrogens (primary N) is 1. The fraction of sp³-hybridized carbons (Fsp3) is 0.333. The molecular formula is C12H17ClN2O3S. The molecule has 1 aromatic rings. The van der Waals surface area contributed by atoms with Crippen LogP contribution in [0.5, 0.6) is 0 Å². The van der Waals surface area contributed by atoms with Crippen molar-refractivity contribution in [3.8, 4) is 0 Å². The van der Waals surface area contributed by atoms with Gasteiger partial charge in [-0.05, 0) is 23.8 Å². The van der Waals surface area contributed by atoms with Gasteiger partial charge in [-0.25, -0.2) is 8.42 Å². The van der Waals surface area contributed by atoms with Gasteiger partial charge in [0.1, 0.15) is 0 Å². The fourth-order valence-corrected chi connectivity index (χ4v) is 3.23. The van der Waals surface area contributed by atoms with E-state index in [2.05, 4.69) is 6.58 Å². The van der Waals surface area contributed by atoms with Crippen LogP contribution in [-0.2, 0) is 16.6 Å². The second kappa shape index (κ2) is 7.02. The molecule has 0 saturated heterocycles. The maximum atomic E-state index is 12.4. The standard InChI is InChI=1S/C12H17ClN2O3S/c1-2-5-15(6-7-16)19(17,18)11-3-4-12(13)10(8-11)9-14/h2-4,8,16H,1,5-7,9,14H2. The van der Waals surface area contributed by atoms with Crippen molar-refractivity contribution in [2.75, 3.05) is 19.7 Å². The third-order valence-corrected chi connectivity index (χ3v) is 4.79. The van der Waals surface area contributed by atoms with Crippen LogP contribution >= 0.6 is 11.6 Å². The molecule has 0 amide bonds. The van der Waals surface area contributed by atoms with Crippen LogP contribution in [0.15, 0.2) is 35.7 Å². The van der Waals surface area contributed by atoms with Gasteiger partial charge in [-0.1, -0.05) is 17.7 Å². The minimum Gasteiger partial charge on any atom is -0.395 e. The summed E-state index contributed by atoms with van der Waals surface area (Å²) in [5, 5.41) is 9.37. The van der Waals surface area contributed by atoms with Crippen LogP contribution in [0.2, 0.25) is 5.02 Å². The first kappa shape index (κ1) is 16.1. The molecule has 0 atom stereocenters. The van der Waals surface area contributed by atoms with Crippen LogP contribution < -0.4 is 5.73 Å². The summed E-state index contributed by atoms with van der Waals surface area (Å²) in [6.07, 6.45) is 1.47. The van der Waals surface area contributed by atoms with E-state index in [0.29, 0.717) is 10.6 Å². The van der Waals surface area contributed by atoms with Crippen LogP contribution in [-0.4, -0.2) is 37.5 Å². The number of hydrogen-bond donors (Lipinski definition) is 2. The number of benzene rings is 1. The van der Waals surface area contributed by atoms with Crippen molar-refractivity contribution >= 4 is 21.6 Å². The van der Waals surface area contributed by atoms with Gasteiger partial charge in [0.15, 0.2) is 0 Å². The lowest BCUT2D eigenvalue weighted by molar-refractivity contribution is 0.260. The minimum absolute atomic E-state index is 0.00887. The van der Waals surface area contributed by atoms with E-state index >= 15 is 0 Å². The van der Waals surface area contributed by atoms with E-state index in [1.54, 1.807) is 0 Å². The Kier molecular flexibility index (Phi) is 5.96. The third kappa shape index (κ3) is 3.77. The first-order valence-corrected chi connectivity index (χ1v) is 7.49. The van der Waals surface area contributed by atoms with Crippen molar-refractivity contribution in [3.63, 3.8) is 0 Å². The Hall–Kier alpha value is -0.920. The van der Waals surface area contributed by atoms with Crippen molar-refractivity contribution in [1.29, 1.82) is 0 Å². The van der Waals surface area contributed by atoms with E-state index < -0.39 is 10.0 Å². The summed E-state index contributed by atoms with van der Waals surface area (Å²) in [7, 11) is -3.69. The molecule has 3 N–H and O–H groups in total. The molecule has 0 aliphatic heterocycles. The summed E-state index contributed by atoms with van der Waals surface area (Å²) in [5.74, 6) is 0. The number of sulfonamides is 1. The molecule has 7 heteroatoms. The van der Waals surface area contributed by atoms with Crippen molar-refractivity contribution in [3.05, 3.63) is 41.4 Å². The van der Waals surface area contributed by atoms with Crippen LogP contribution in [0, 0.1) is 0 Å². The maximum Gasteiger partial charge on any atom is 0.243 e. The van der Waals surface area contributed by atoms with Gasteiger partial charge in [-0.15, -0.1) is 6.58 Å². The highest BCUT2D eigenvalue weighted by atomic mass is 35.5. The SMILES string of the molecule is C=CCN(CCO)S(=O)(=O)c1ccc(Cl)c(CN)c1. The van der Waals surface area contributed by atoms with Gasteiger partial charge in [0.2, 0.25) is 10.0 Å². The third-order valence-electron chi connectivity index (χ3n) is 2.56. The normalized spacial score (nSPS) is 11.8. The van der Waals surface area contributed by atoms with Gasteiger partial charge < -0.3 is 10.8 Å². The van der Waals surface area contributed by atoms with Gasteiger partial charge in [-0.2, -0.15) is 4.31 Å². The van der Waals surface area contributed by atoms with Gasteiger partial charge in [-0.3, -0.25) is 0 Å². The zero-order valence-electron chi connectivity index (χ0n) is 10.4. The summed E-state index contributed by atoms with van der Waals surface area (Å²) in [6.45, 7) is 3.54. The number of rotatable bonds is 7. The van der Waals surface area contributed by atoms with E-state index in [4.69, 9.17) is 22.4 Å². The minimum atomic E-state index is -3.69. The molecule has 19 heavy (non-hydrogen) atoms. The zero-order valence-corrected chi connectivity index (χ0v) is 12.0. The molecule has 0 fully saturated rings. The molecular weight excluding hydrogens is 288 g/mol. The van der Waals surface area contributed by atoms with Gasteiger partial charge in [0, 0.05) is 24.7 Å². The van der Waals surface area contributed by atoms with Crippen molar-refractivity contribution in [2.45, 2.75) is 11.4 Å². The molecule has 0 aromatic heterocycles. The van der Waals surface area contributed by atoms with Gasteiger partial charge in [0.05, 0.1) is 11.5 Å². The zero-order chi connectivity index (χ0) is 14.5. The van der Waals surface area contributed by atoms with E-state index in [9.17, 15) is 8.42 Å². The summed E-state index contributed by atoms with van der Waals surface area (Å²) in [5.41, 5.74) is 6.07. The Morgan fingerprint density at radius 3 is 2.68 bits per heavy atom. The number of nitrogens with zero attached hydrogens (tertiary/aromatic N) is 1. The van der Waals surface area contributed by atoms with E-state index in [0.717, 1.165) is 4.31 Å². The first-order chi connectivity index (χ1) is 8.97. The average Bonchev–Trinajstić information content (AvgIpc) is 2.38. The van der Waals surface area contributed by atoms with Gasteiger partial charge in [0.25, 0.3) is 0 Å². The average molecular weight is 305 g/mol. The molecule has 0 radical (unpaired) electrons. The van der Waals surface area contributed by atoms with Gasteiger partial charge >= 0.3 is 0 Å². The van der Waals surface area contributed by atoms with Crippen LogP contribution in [0.25, 0.3) is 0 Å². The number of hydrogen-bond acceptors (Lipinski definition) is 4. The van der Waals surface area contributed by atoms with Crippen LogP contribution in [0.3, 0.4) is 0 Å². The maximum absolute atomic E-state index is 12.4. The molecule has 0 spiro atoms. The summed E-state index contributed by atoms with van der Waals surface area (Å²) >= 11 is 5.90. The fourth-order valence-electron chi connectivity index (χ4n) is 1.58. The molecule has 0 heterocycles. The highest BCUT2D eigenvalue weighted by Gasteiger charge is 2.23. The number of aliphatic hydroxyl groups is 1. The molecule has 0 unspecified atom stereocenters. The Labute approximate surface area is 118 Å². The van der Waals surface area contributed by atoms with E-state index in [1.807, 2.05) is 0 Å². The Balaban J connectivity index is 3.20. The molecule has 1 rings (SSSR count). The Bertz CT molecular complexity index is 546. The topological polar surface area (TPSA) is 83.6 Å². The summed E-state index contributed by atoms with van der Waals surface area (Å²) in [6, 6.07) is 4.37. The van der Waals surface area contributed by atoms with Crippen molar-refractivity contribution in [1.82, 2.24) is 4.31 Å². The predicted octanol–water partition coefficient (Wildman–Crippen LogP) is 0.968. The molecule has 106 valence electrons. The molecule has 5 nitrogen and oxygen atoms in total. The lowest BCUT2D eigenvalue weighted by atomic mass is 10.2. The monoisotopic (exact) mass is 304 g/mol. The highest BCUT2D eigenvalue weighted by Crippen LogP contribution is 2.22. The second-order valence-electron chi connectivity index (χ2n) is 3.83. The molecule has 0 saturated carbocycles. The number of halogens is 1. The highest BCUT2D eigenvalue weighted by molar-refractivity contribution is 7.89. The quantitative estimate of drug-likeness (QED) is 0.735. The molecule has 1 aromatic carbocycles. The van der Waals surface area contributed by atoms with E-state index in [-0.39, 0.29) is 31.1 Å². The van der Waals surface area contributed by atoms with Crippen LogP contribution in [0.4, 0.5) is 0 Å². The number of aliphatic hydroxyl groups excluding tert-OH is 1. The van der Waals surface area contributed by atoms with Crippen molar-refractivity contribution in [2.24, 2.45) is 5.73 Å². The Morgan fingerprint density at radius 2 is 2.16 bits per heavy atom. The Morgan fingerprint density at radius 1 is 1.47 bits per heavy atom. The smallest absolute Gasteiger partial charge is 0.243 e. The second-order valence-corrected chi connectivity index (χ2v) is 6.18. The largest absolute Gasteiger partial charge is 0.395 e. The van der Waals surface area contributed by atoms with Crippen molar-refractivity contribution < 1.29 is 13.5 Å².